The molecule has 1 fully saturated rings. The topological polar surface area (TPSA) is 38.5 Å². The Bertz CT molecular complexity index is 503. The number of rotatable bonds is 3. The Morgan fingerprint density at radius 1 is 1.29 bits per heavy atom. The van der Waals surface area contributed by atoms with Crippen molar-refractivity contribution < 1.29 is 9.13 Å². The molecule has 1 unspecified atom stereocenters. The Morgan fingerprint density at radius 3 is 2.33 bits per heavy atom. The van der Waals surface area contributed by atoms with Crippen molar-refractivity contribution in [3.63, 3.8) is 0 Å². The molecule has 0 saturated carbocycles. The lowest BCUT2D eigenvalue weighted by Crippen LogP contribution is -2.58. The van der Waals surface area contributed by atoms with Crippen LogP contribution in [0.5, 0.6) is 0 Å². The molecule has 1 aliphatic heterocycles. The van der Waals surface area contributed by atoms with Gasteiger partial charge in [0.05, 0.1) is 11.2 Å². The van der Waals surface area contributed by atoms with E-state index in [1.165, 1.54) is 12.1 Å². The maximum atomic E-state index is 13.3. The van der Waals surface area contributed by atoms with E-state index in [0.29, 0.717) is 6.54 Å². The third-order valence-corrected chi connectivity index (χ3v) is 4.39. The van der Waals surface area contributed by atoms with Gasteiger partial charge < -0.3 is 10.5 Å². The van der Waals surface area contributed by atoms with Gasteiger partial charge in [-0.2, -0.15) is 0 Å². The molecule has 0 radical (unpaired) electrons. The number of halogens is 2. The molecule has 2 rings (SSSR count). The van der Waals surface area contributed by atoms with E-state index in [-0.39, 0.29) is 23.1 Å². The zero-order chi connectivity index (χ0) is 15.8. The van der Waals surface area contributed by atoms with Gasteiger partial charge in [-0.05, 0) is 45.4 Å². The summed E-state index contributed by atoms with van der Waals surface area (Å²) in [6.45, 7) is 10.4. The van der Waals surface area contributed by atoms with Crippen LogP contribution in [0.1, 0.15) is 39.3 Å². The fourth-order valence-electron chi connectivity index (χ4n) is 3.31. The number of nitrogens with zero attached hydrogens (tertiary/aromatic N) is 1. The molecule has 0 spiro atoms. The van der Waals surface area contributed by atoms with E-state index in [0.717, 1.165) is 23.1 Å². The maximum absolute atomic E-state index is 13.3. The molecule has 0 aromatic heterocycles. The lowest BCUT2D eigenvalue weighted by atomic mass is 9.95. The second-order valence-corrected chi connectivity index (χ2v) is 7.80. The first-order chi connectivity index (χ1) is 9.63. The molecule has 2 N–H and O–H groups in total. The van der Waals surface area contributed by atoms with Crippen LogP contribution in [-0.2, 0) is 4.74 Å². The smallest absolute Gasteiger partial charge is 0.124 e. The van der Waals surface area contributed by atoms with Crippen LogP contribution in [0.2, 0.25) is 0 Å². The van der Waals surface area contributed by atoms with E-state index in [1.54, 1.807) is 0 Å². The first kappa shape index (κ1) is 16.9. The molecule has 0 aliphatic carbocycles. The first-order valence-electron chi connectivity index (χ1n) is 7.23. The van der Waals surface area contributed by atoms with Crippen molar-refractivity contribution >= 4 is 15.9 Å². The largest absolute Gasteiger partial charge is 0.367 e. The zero-order valence-electron chi connectivity index (χ0n) is 13.1. The highest BCUT2D eigenvalue weighted by molar-refractivity contribution is 9.10. The van der Waals surface area contributed by atoms with Crippen LogP contribution in [0.4, 0.5) is 4.39 Å². The van der Waals surface area contributed by atoms with Crippen LogP contribution in [0, 0.1) is 5.82 Å². The molecular weight excluding hydrogens is 335 g/mol. The van der Waals surface area contributed by atoms with Crippen LogP contribution >= 0.6 is 15.9 Å². The number of hydrogen-bond acceptors (Lipinski definition) is 3. The predicted octanol–water partition coefficient (Wildman–Crippen LogP) is 3.48. The van der Waals surface area contributed by atoms with Crippen molar-refractivity contribution in [1.29, 1.82) is 0 Å². The molecule has 1 aromatic rings. The predicted molar refractivity (Wildman–Crippen MR) is 86.7 cm³/mol. The van der Waals surface area contributed by atoms with Crippen molar-refractivity contribution in [2.24, 2.45) is 5.73 Å². The summed E-state index contributed by atoms with van der Waals surface area (Å²) in [5.41, 5.74) is 6.57. The van der Waals surface area contributed by atoms with Gasteiger partial charge in [0.2, 0.25) is 0 Å². The Balaban J connectivity index is 2.32. The summed E-state index contributed by atoms with van der Waals surface area (Å²) in [6, 6.07) is 4.84. The van der Waals surface area contributed by atoms with Crippen LogP contribution < -0.4 is 5.73 Å². The lowest BCUT2D eigenvalue weighted by Gasteiger charge is -2.49. The normalized spacial score (nSPS) is 23.0. The van der Waals surface area contributed by atoms with Gasteiger partial charge in [0.25, 0.3) is 0 Å². The molecule has 118 valence electrons. The molecular formula is C16H24BrFN2O. The summed E-state index contributed by atoms with van der Waals surface area (Å²) in [6.07, 6.45) is 0. The molecule has 0 amide bonds. The van der Waals surface area contributed by atoms with Crippen molar-refractivity contribution in [2.45, 2.75) is 44.9 Å². The van der Waals surface area contributed by atoms with Crippen LogP contribution in [0.25, 0.3) is 0 Å². The van der Waals surface area contributed by atoms with Crippen molar-refractivity contribution in [3.8, 4) is 0 Å². The molecule has 1 aliphatic rings. The second-order valence-electron chi connectivity index (χ2n) is 6.94. The molecule has 21 heavy (non-hydrogen) atoms. The van der Waals surface area contributed by atoms with Crippen LogP contribution in [0.15, 0.2) is 22.7 Å². The fourth-order valence-corrected chi connectivity index (χ4v) is 3.93. The summed E-state index contributed by atoms with van der Waals surface area (Å²) >= 11 is 3.46. The Labute approximate surface area is 134 Å². The summed E-state index contributed by atoms with van der Waals surface area (Å²) in [4.78, 5) is 2.33. The molecule has 0 bridgehead atoms. The van der Waals surface area contributed by atoms with E-state index in [4.69, 9.17) is 10.5 Å². The minimum atomic E-state index is -0.246. The van der Waals surface area contributed by atoms with Crippen LogP contribution in [-0.4, -0.2) is 35.7 Å². The highest BCUT2D eigenvalue weighted by atomic mass is 79.9. The average Bonchev–Trinajstić information content (AvgIpc) is 2.28. The summed E-state index contributed by atoms with van der Waals surface area (Å²) in [7, 11) is 0. The third-order valence-electron chi connectivity index (χ3n) is 3.71. The number of benzene rings is 1. The Morgan fingerprint density at radius 2 is 1.86 bits per heavy atom. The standard InChI is InChI=1S/C16H24BrFN2O/c1-15(2)9-20(10-16(3,4)21-15)14(8-19)12-6-5-11(18)7-13(12)17/h5-7,14H,8-10,19H2,1-4H3. The minimum absolute atomic E-state index is 0.0439. The van der Waals surface area contributed by atoms with Gasteiger partial charge in [-0.3, -0.25) is 4.90 Å². The molecule has 1 saturated heterocycles. The van der Waals surface area contributed by atoms with Crippen molar-refractivity contribution in [3.05, 3.63) is 34.1 Å². The highest BCUT2D eigenvalue weighted by Crippen LogP contribution is 2.35. The van der Waals surface area contributed by atoms with E-state index < -0.39 is 0 Å². The van der Waals surface area contributed by atoms with Gasteiger partial charge in [0, 0.05) is 30.1 Å². The number of ether oxygens (including phenoxy) is 1. The molecule has 1 heterocycles. The van der Waals surface area contributed by atoms with Gasteiger partial charge in [0.15, 0.2) is 0 Å². The monoisotopic (exact) mass is 358 g/mol. The van der Waals surface area contributed by atoms with Gasteiger partial charge in [0.1, 0.15) is 5.82 Å². The Kier molecular flexibility index (Phi) is 4.78. The average molecular weight is 359 g/mol. The first-order valence-corrected chi connectivity index (χ1v) is 8.02. The quantitative estimate of drug-likeness (QED) is 0.898. The van der Waals surface area contributed by atoms with E-state index in [9.17, 15) is 4.39 Å². The number of hydrogen-bond donors (Lipinski definition) is 1. The highest BCUT2D eigenvalue weighted by Gasteiger charge is 2.40. The van der Waals surface area contributed by atoms with Gasteiger partial charge >= 0.3 is 0 Å². The fraction of sp³-hybridized carbons (Fsp3) is 0.625. The van der Waals surface area contributed by atoms with E-state index in [2.05, 4.69) is 48.5 Å². The summed E-state index contributed by atoms with van der Waals surface area (Å²) in [5.74, 6) is -0.246. The summed E-state index contributed by atoms with van der Waals surface area (Å²) < 4.78 is 20.2. The second kappa shape index (κ2) is 5.95. The zero-order valence-corrected chi connectivity index (χ0v) is 14.7. The van der Waals surface area contributed by atoms with Crippen molar-refractivity contribution in [1.82, 2.24) is 4.90 Å². The number of nitrogens with two attached hydrogens (primary N) is 1. The summed E-state index contributed by atoms with van der Waals surface area (Å²) in [5, 5.41) is 0. The van der Waals surface area contributed by atoms with E-state index in [1.807, 2.05) is 6.07 Å². The third kappa shape index (κ3) is 4.03. The van der Waals surface area contributed by atoms with Crippen LogP contribution in [0.3, 0.4) is 0 Å². The van der Waals surface area contributed by atoms with Gasteiger partial charge in [-0.25, -0.2) is 4.39 Å². The minimum Gasteiger partial charge on any atom is -0.367 e. The number of morpholine rings is 1. The van der Waals surface area contributed by atoms with E-state index >= 15 is 0 Å². The van der Waals surface area contributed by atoms with Crippen molar-refractivity contribution in [2.75, 3.05) is 19.6 Å². The van der Waals surface area contributed by atoms with Gasteiger partial charge in [-0.1, -0.05) is 22.0 Å². The van der Waals surface area contributed by atoms with Gasteiger partial charge in [-0.15, -0.1) is 0 Å². The molecule has 3 nitrogen and oxygen atoms in total. The maximum Gasteiger partial charge on any atom is 0.124 e. The Hall–Kier alpha value is -0.490. The molecule has 5 heteroatoms. The SMILES string of the molecule is CC1(C)CN(C(CN)c2ccc(F)cc2Br)CC(C)(C)O1. The lowest BCUT2D eigenvalue weighted by molar-refractivity contribution is -0.187. The molecule has 1 aromatic carbocycles. The molecule has 1 atom stereocenters.